The Bertz CT molecular complexity index is 447. The smallest absolute Gasteiger partial charge is 0.321 e. The van der Waals surface area contributed by atoms with E-state index in [4.69, 9.17) is 14.2 Å². The van der Waals surface area contributed by atoms with Crippen molar-refractivity contribution in [3.63, 3.8) is 0 Å². The van der Waals surface area contributed by atoms with E-state index in [0.29, 0.717) is 12.8 Å². The molecule has 1 heterocycles. The summed E-state index contributed by atoms with van der Waals surface area (Å²) >= 11 is 0. The molecule has 1 aliphatic heterocycles. The minimum atomic E-state index is -1.29. The van der Waals surface area contributed by atoms with E-state index < -0.39 is 35.3 Å². The van der Waals surface area contributed by atoms with E-state index in [1.54, 1.807) is 34.6 Å². The fourth-order valence-corrected chi connectivity index (χ4v) is 3.03. The molecule has 0 aromatic carbocycles. The maximum atomic E-state index is 12.9. The van der Waals surface area contributed by atoms with Crippen LogP contribution in [-0.4, -0.2) is 49.8 Å². The SMILES string of the molecule is CCOC(=O)C(C(=O)OCC)C(C(=O)OC(C)(C)C)C1CCNCC1. The van der Waals surface area contributed by atoms with Gasteiger partial charge in [-0.2, -0.15) is 0 Å². The fourth-order valence-electron chi connectivity index (χ4n) is 3.03. The Morgan fingerprint density at radius 1 is 0.960 bits per heavy atom. The lowest BCUT2D eigenvalue weighted by atomic mass is 9.76. The predicted octanol–water partition coefficient (Wildman–Crippen LogP) is 1.69. The highest BCUT2D eigenvalue weighted by atomic mass is 16.6. The van der Waals surface area contributed by atoms with Crippen molar-refractivity contribution in [1.82, 2.24) is 5.32 Å². The Labute approximate surface area is 149 Å². The minimum Gasteiger partial charge on any atom is -0.465 e. The number of piperidine rings is 1. The molecule has 1 fully saturated rings. The van der Waals surface area contributed by atoms with E-state index in [0.717, 1.165) is 13.1 Å². The van der Waals surface area contributed by atoms with Crippen LogP contribution in [0.15, 0.2) is 0 Å². The molecule has 7 heteroatoms. The van der Waals surface area contributed by atoms with Gasteiger partial charge in [0, 0.05) is 0 Å². The number of esters is 3. The molecule has 1 unspecified atom stereocenters. The van der Waals surface area contributed by atoms with Crippen molar-refractivity contribution >= 4 is 17.9 Å². The molecule has 0 aromatic heterocycles. The molecule has 0 radical (unpaired) electrons. The molecule has 0 amide bonds. The standard InChI is InChI=1S/C18H31NO6/c1-6-23-15(20)14(16(21)24-7-2)13(12-8-10-19-11-9-12)17(22)25-18(3,4)5/h12-14,19H,6-11H2,1-5H3. The van der Waals surface area contributed by atoms with Gasteiger partial charge in [-0.1, -0.05) is 0 Å². The first kappa shape index (κ1) is 21.4. The van der Waals surface area contributed by atoms with Crippen molar-refractivity contribution < 1.29 is 28.6 Å². The Morgan fingerprint density at radius 2 is 1.44 bits per heavy atom. The molecule has 1 atom stereocenters. The third kappa shape index (κ3) is 6.65. The topological polar surface area (TPSA) is 90.9 Å². The maximum absolute atomic E-state index is 12.9. The molecule has 1 N–H and O–H groups in total. The number of nitrogens with one attached hydrogen (secondary N) is 1. The lowest BCUT2D eigenvalue weighted by Crippen LogP contribution is -2.46. The highest BCUT2D eigenvalue weighted by molar-refractivity contribution is 5.99. The molecule has 144 valence electrons. The summed E-state index contributed by atoms with van der Waals surface area (Å²) < 4.78 is 15.6. The van der Waals surface area contributed by atoms with Crippen LogP contribution in [0.25, 0.3) is 0 Å². The summed E-state index contributed by atoms with van der Waals surface area (Å²) in [7, 11) is 0. The molecule has 0 aromatic rings. The van der Waals surface area contributed by atoms with E-state index in [2.05, 4.69) is 5.32 Å². The first-order valence-corrected chi connectivity index (χ1v) is 8.98. The van der Waals surface area contributed by atoms with Crippen LogP contribution in [0.1, 0.15) is 47.5 Å². The highest BCUT2D eigenvalue weighted by Crippen LogP contribution is 2.32. The molecule has 1 aliphatic rings. The molecule has 0 aliphatic carbocycles. The van der Waals surface area contributed by atoms with Gasteiger partial charge in [-0.05, 0) is 66.5 Å². The summed E-state index contributed by atoms with van der Waals surface area (Å²) in [5.41, 5.74) is -0.712. The molecule has 0 bridgehead atoms. The van der Waals surface area contributed by atoms with Crippen LogP contribution in [0, 0.1) is 17.8 Å². The van der Waals surface area contributed by atoms with Crippen LogP contribution < -0.4 is 5.32 Å². The average molecular weight is 357 g/mol. The van der Waals surface area contributed by atoms with Gasteiger partial charge < -0.3 is 19.5 Å². The van der Waals surface area contributed by atoms with Gasteiger partial charge >= 0.3 is 17.9 Å². The largest absolute Gasteiger partial charge is 0.465 e. The summed E-state index contributed by atoms with van der Waals surface area (Å²) in [5.74, 6) is -4.34. The zero-order valence-electron chi connectivity index (χ0n) is 15.9. The van der Waals surface area contributed by atoms with Crippen molar-refractivity contribution in [2.24, 2.45) is 17.8 Å². The van der Waals surface area contributed by atoms with Crippen LogP contribution in [-0.2, 0) is 28.6 Å². The average Bonchev–Trinajstić information content (AvgIpc) is 2.51. The minimum absolute atomic E-state index is 0.127. The maximum Gasteiger partial charge on any atom is 0.321 e. The van der Waals surface area contributed by atoms with Crippen LogP contribution in [0.5, 0.6) is 0 Å². The van der Waals surface area contributed by atoms with Gasteiger partial charge in [0.25, 0.3) is 0 Å². The Kier molecular flexibility index (Phi) is 8.35. The summed E-state index contributed by atoms with van der Waals surface area (Å²) in [6.07, 6.45) is 1.36. The molecule has 1 saturated heterocycles. The number of carbonyl (C=O) groups excluding carboxylic acids is 3. The van der Waals surface area contributed by atoms with Gasteiger partial charge in [0.05, 0.1) is 19.1 Å². The molecular formula is C18H31NO6. The molecule has 0 saturated carbocycles. The predicted molar refractivity (Wildman–Crippen MR) is 91.7 cm³/mol. The summed E-state index contributed by atoms with van der Waals surface area (Å²) in [6, 6.07) is 0. The van der Waals surface area contributed by atoms with Gasteiger partial charge in [0.1, 0.15) is 5.60 Å². The van der Waals surface area contributed by atoms with E-state index in [9.17, 15) is 14.4 Å². The lowest BCUT2D eigenvalue weighted by Gasteiger charge is -2.34. The fraction of sp³-hybridized carbons (Fsp3) is 0.833. The number of hydrogen-bond acceptors (Lipinski definition) is 7. The molecule has 25 heavy (non-hydrogen) atoms. The summed E-state index contributed by atoms with van der Waals surface area (Å²) in [6.45, 7) is 10.3. The summed E-state index contributed by atoms with van der Waals surface area (Å²) in [4.78, 5) is 37.8. The zero-order valence-corrected chi connectivity index (χ0v) is 15.9. The van der Waals surface area contributed by atoms with Crippen LogP contribution in [0.2, 0.25) is 0 Å². The third-order valence-electron chi connectivity index (χ3n) is 4.01. The van der Waals surface area contributed by atoms with E-state index in [-0.39, 0.29) is 19.1 Å². The zero-order chi connectivity index (χ0) is 19.0. The van der Waals surface area contributed by atoms with Gasteiger partial charge in [-0.15, -0.1) is 0 Å². The summed E-state index contributed by atoms with van der Waals surface area (Å²) in [5, 5.41) is 3.22. The molecule has 7 nitrogen and oxygen atoms in total. The van der Waals surface area contributed by atoms with Gasteiger partial charge in [-0.25, -0.2) is 0 Å². The molecular weight excluding hydrogens is 326 g/mol. The lowest BCUT2D eigenvalue weighted by molar-refractivity contribution is -0.179. The quantitative estimate of drug-likeness (QED) is 0.421. The van der Waals surface area contributed by atoms with E-state index >= 15 is 0 Å². The second kappa shape index (κ2) is 9.75. The van der Waals surface area contributed by atoms with E-state index in [1.165, 1.54) is 0 Å². The Morgan fingerprint density at radius 3 is 1.84 bits per heavy atom. The second-order valence-electron chi connectivity index (χ2n) is 7.13. The van der Waals surface area contributed by atoms with Gasteiger partial charge in [-0.3, -0.25) is 14.4 Å². The first-order chi connectivity index (χ1) is 11.7. The van der Waals surface area contributed by atoms with Gasteiger partial charge in [0.15, 0.2) is 5.92 Å². The van der Waals surface area contributed by atoms with Crippen LogP contribution in [0.4, 0.5) is 0 Å². The molecule has 1 rings (SSSR count). The Hall–Kier alpha value is -1.63. The van der Waals surface area contributed by atoms with Crippen LogP contribution >= 0.6 is 0 Å². The third-order valence-corrected chi connectivity index (χ3v) is 4.01. The van der Waals surface area contributed by atoms with Crippen LogP contribution in [0.3, 0.4) is 0 Å². The number of ether oxygens (including phenoxy) is 3. The van der Waals surface area contributed by atoms with Crippen molar-refractivity contribution in [3.05, 3.63) is 0 Å². The van der Waals surface area contributed by atoms with Crippen molar-refractivity contribution in [2.45, 2.75) is 53.1 Å². The van der Waals surface area contributed by atoms with Gasteiger partial charge in [0.2, 0.25) is 0 Å². The van der Waals surface area contributed by atoms with Crippen molar-refractivity contribution in [1.29, 1.82) is 0 Å². The number of rotatable bonds is 7. The highest BCUT2D eigenvalue weighted by Gasteiger charge is 2.47. The van der Waals surface area contributed by atoms with E-state index in [1.807, 2.05) is 0 Å². The second-order valence-corrected chi connectivity index (χ2v) is 7.13. The number of hydrogen-bond donors (Lipinski definition) is 1. The number of carbonyl (C=O) groups is 3. The Balaban J connectivity index is 3.18. The normalized spacial score (nSPS) is 17.0. The van der Waals surface area contributed by atoms with Crippen molar-refractivity contribution in [2.75, 3.05) is 26.3 Å². The van der Waals surface area contributed by atoms with Crippen molar-refractivity contribution in [3.8, 4) is 0 Å². The monoisotopic (exact) mass is 357 g/mol. The first-order valence-electron chi connectivity index (χ1n) is 8.98. The molecule has 0 spiro atoms.